The van der Waals surface area contributed by atoms with Gasteiger partial charge in [0.2, 0.25) is 0 Å². The first kappa shape index (κ1) is 27.4. The molecule has 0 aliphatic rings. The Morgan fingerprint density at radius 1 is 1.03 bits per heavy atom. The lowest BCUT2D eigenvalue weighted by molar-refractivity contribution is -0.146. The zero-order chi connectivity index (χ0) is 28.3. The number of alkyl halides is 3. The van der Waals surface area contributed by atoms with Crippen LogP contribution >= 0.6 is 0 Å². The third-order valence-corrected chi connectivity index (χ3v) is 6.03. The van der Waals surface area contributed by atoms with E-state index < -0.39 is 52.6 Å². The number of aromatic nitrogens is 3. The molecule has 4 rings (SSSR count). The topological polar surface area (TPSA) is 134 Å². The molecule has 0 aliphatic carbocycles. The largest absolute Gasteiger partial charge is 0.481 e. The maximum atomic E-state index is 14.1. The first-order valence-electron chi connectivity index (χ1n) is 11.5. The molecule has 0 aliphatic heterocycles. The van der Waals surface area contributed by atoms with Gasteiger partial charge in [0.1, 0.15) is 11.3 Å². The molecule has 1 aromatic heterocycles. The van der Waals surface area contributed by atoms with E-state index in [4.69, 9.17) is 0 Å². The summed E-state index contributed by atoms with van der Waals surface area (Å²) < 4.78 is 53.3. The highest BCUT2D eigenvalue weighted by Gasteiger charge is 2.32. The van der Waals surface area contributed by atoms with Crippen molar-refractivity contribution in [2.24, 2.45) is 5.92 Å². The number of nitrogens with one attached hydrogen (secondary N) is 1. The molecule has 4 aromatic rings. The summed E-state index contributed by atoms with van der Waals surface area (Å²) in [4.78, 5) is 36.8. The zero-order valence-corrected chi connectivity index (χ0v) is 19.9. The Labute approximate surface area is 217 Å². The van der Waals surface area contributed by atoms with Crippen LogP contribution in [0, 0.1) is 11.7 Å². The van der Waals surface area contributed by atoms with Crippen LogP contribution in [0.25, 0.3) is 10.9 Å². The Bertz CT molecular complexity index is 1590. The van der Waals surface area contributed by atoms with E-state index in [2.05, 4.69) is 15.6 Å². The summed E-state index contributed by atoms with van der Waals surface area (Å²) in [6, 6.07) is 13.4. The first-order chi connectivity index (χ1) is 18.5. The fourth-order valence-corrected chi connectivity index (χ4v) is 3.92. The number of carbonyl (C=O) groups is 2. The van der Waals surface area contributed by atoms with Gasteiger partial charge in [0.25, 0.3) is 11.5 Å². The minimum absolute atomic E-state index is 0.125. The van der Waals surface area contributed by atoms with Gasteiger partial charge in [-0.1, -0.05) is 29.5 Å². The molecule has 0 unspecified atom stereocenters. The van der Waals surface area contributed by atoms with Gasteiger partial charge in [-0.15, -0.1) is 5.10 Å². The van der Waals surface area contributed by atoms with Crippen molar-refractivity contribution in [3.8, 4) is 0 Å². The molecule has 0 fully saturated rings. The maximum Gasteiger partial charge on any atom is 0.416 e. The van der Waals surface area contributed by atoms with Crippen molar-refractivity contribution >= 4 is 28.5 Å². The van der Waals surface area contributed by atoms with Crippen LogP contribution < -0.4 is 10.9 Å². The normalized spacial score (nSPS) is 13.2. The molecule has 0 bridgehead atoms. The number of nitrogens with zero attached hydrogens (tertiary/aromatic N) is 3. The quantitative estimate of drug-likeness (QED) is 0.285. The fourth-order valence-electron chi connectivity index (χ4n) is 3.92. The molecule has 39 heavy (non-hydrogen) atoms. The molecule has 13 heteroatoms. The molecule has 3 N–H and O–H groups in total. The molecule has 0 saturated carbocycles. The number of aliphatic carboxylic acids is 1. The molecule has 0 spiro atoms. The van der Waals surface area contributed by atoms with Gasteiger partial charge in [0, 0.05) is 12.2 Å². The number of hydrogen-bond acceptors (Lipinski definition) is 6. The smallest absolute Gasteiger partial charge is 0.416 e. The Hall–Kier alpha value is -4.65. The predicted molar refractivity (Wildman–Crippen MR) is 130 cm³/mol. The van der Waals surface area contributed by atoms with E-state index in [0.717, 1.165) is 4.68 Å². The van der Waals surface area contributed by atoms with Crippen LogP contribution in [0.3, 0.4) is 0 Å². The summed E-state index contributed by atoms with van der Waals surface area (Å²) in [6.07, 6.45) is -6.42. The Morgan fingerprint density at radius 2 is 1.72 bits per heavy atom. The Balaban J connectivity index is 1.44. The van der Waals surface area contributed by atoms with Gasteiger partial charge in [0.05, 0.1) is 28.5 Å². The highest BCUT2D eigenvalue weighted by Crippen LogP contribution is 2.31. The summed E-state index contributed by atoms with van der Waals surface area (Å²) in [7, 11) is 0. The van der Waals surface area contributed by atoms with E-state index in [-0.39, 0.29) is 30.3 Å². The molecule has 2 atom stereocenters. The molecular formula is C26H20F4N4O5. The molecule has 1 heterocycles. The second-order valence-corrected chi connectivity index (χ2v) is 8.58. The lowest BCUT2D eigenvalue weighted by Crippen LogP contribution is -2.29. The number of carbonyl (C=O) groups excluding carboxylic acids is 1. The van der Waals surface area contributed by atoms with Crippen LogP contribution in [0.2, 0.25) is 0 Å². The molecule has 3 aromatic carbocycles. The van der Waals surface area contributed by atoms with Crippen LogP contribution in [-0.2, 0) is 17.5 Å². The fraction of sp³-hybridized carbons (Fsp3) is 0.192. The van der Waals surface area contributed by atoms with Crippen LogP contribution in [-0.4, -0.2) is 37.1 Å². The van der Waals surface area contributed by atoms with Gasteiger partial charge >= 0.3 is 12.1 Å². The molecule has 0 radical (unpaired) electrons. The van der Waals surface area contributed by atoms with Crippen LogP contribution in [0.5, 0.6) is 0 Å². The number of hydrogen-bond donors (Lipinski definition) is 3. The Kier molecular flexibility index (Phi) is 7.72. The number of anilines is 1. The number of halogens is 4. The van der Waals surface area contributed by atoms with Crippen LogP contribution in [0.15, 0.2) is 71.5 Å². The van der Waals surface area contributed by atoms with E-state index in [0.29, 0.717) is 23.0 Å². The van der Waals surface area contributed by atoms with E-state index in [1.165, 1.54) is 24.3 Å². The highest BCUT2D eigenvalue weighted by atomic mass is 19.4. The minimum atomic E-state index is -4.76. The van der Waals surface area contributed by atoms with Crippen molar-refractivity contribution < 1.29 is 37.4 Å². The highest BCUT2D eigenvalue weighted by molar-refractivity contribution is 6.04. The lowest BCUT2D eigenvalue weighted by Gasteiger charge is -2.20. The van der Waals surface area contributed by atoms with Gasteiger partial charge < -0.3 is 15.5 Å². The third kappa shape index (κ3) is 6.09. The summed E-state index contributed by atoms with van der Waals surface area (Å²) in [6.45, 7) is -0.127. The molecule has 202 valence electrons. The number of rotatable bonds is 8. The van der Waals surface area contributed by atoms with Crippen molar-refractivity contribution in [3.05, 3.63) is 99.6 Å². The number of aliphatic hydroxyl groups is 1. The molecule has 9 nitrogen and oxygen atoms in total. The monoisotopic (exact) mass is 544 g/mol. The zero-order valence-electron chi connectivity index (χ0n) is 19.9. The van der Waals surface area contributed by atoms with Crippen molar-refractivity contribution in [1.82, 2.24) is 15.0 Å². The van der Waals surface area contributed by atoms with Crippen molar-refractivity contribution in [1.29, 1.82) is 0 Å². The summed E-state index contributed by atoms with van der Waals surface area (Å²) in [5, 5.41) is 30.8. The van der Waals surface area contributed by atoms with Gasteiger partial charge in [-0.2, -0.15) is 13.2 Å². The van der Waals surface area contributed by atoms with Crippen LogP contribution in [0.4, 0.5) is 23.2 Å². The number of benzene rings is 3. The van der Waals surface area contributed by atoms with E-state index >= 15 is 0 Å². The average molecular weight is 544 g/mol. The lowest BCUT2D eigenvalue weighted by atomic mass is 9.92. The minimum Gasteiger partial charge on any atom is -0.481 e. The van der Waals surface area contributed by atoms with E-state index in [1.54, 1.807) is 24.3 Å². The summed E-state index contributed by atoms with van der Waals surface area (Å²) in [5.74, 6) is -5.00. The Morgan fingerprint density at radius 3 is 2.36 bits per heavy atom. The summed E-state index contributed by atoms with van der Waals surface area (Å²) >= 11 is 0. The molecule has 1 amide bonds. The van der Waals surface area contributed by atoms with Gasteiger partial charge in [-0.25, -0.2) is 9.07 Å². The van der Waals surface area contributed by atoms with Gasteiger partial charge in [-0.3, -0.25) is 14.4 Å². The van der Waals surface area contributed by atoms with E-state index in [1.807, 2.05) is 0 Å². The molecule has 0 saturated heterocycles. The SMILES string of the molecule is O=C(Nc1ccc([C@@H](O)[C@H](CCn2nnc3ccccc3c2=O)C(=O)O)cc1)c1ccc(C(F)(F)F)cc1F. The number of carboxylic acids is 1. The van der Waals surface area contributed by atoms with Gasteiger partial charge in [0.15, 0.2) is 0 Å². The van der Waals surface area contributed by atoms with Crippen LogP contribution in [0.1, 0.15) is 34.0 Å². The first-order valence-corrected chi connectivity index (χ1v) is 11.5. The molecular weight excluding hydrogens is 524 g/mol. The number of aliphatic hydroxyl groups excluding tert-OH is 1. The number of aryl methyl sites for hydroxylation is 1. The van der Waals surface area contributed by atoms with Crippen molar-refractivity contribution in [2.75, 3.05) is 5.32 Å². The maximum absolute atomic E-state index is 14.1. The second-order valence-electron chi connectivity index (χ2n) is 8.58. The van der Waals surface area contributed by atoms with Crippen molar-refractivity contribution in [3.63, 3.8) is 0 Å². The van der Waals surface area contributed by atoms with E-state index in [9.17, 15) is 42.2 Å². The standard InChI is InChI=1S/C26H20F4N4O5/c27-20-13-15(26(28,29)30)7-10-17(20)23(36)31-16-8-5-14(6-9-16)22(35)19(25(38)39)11-12-34-24(37)18-3-1-2-4-21(18)32-33-34/h1-10,13,19,22,35H,11-12H2,(H,31,36)(H,38,39)/t19-,22+/m0/s1. The van der Waals surface area contributed by atoms with Gasteiger partial charge in [-0.05, 0) is 54.4 Å². The third-order valence-electron chi connectivity index (χ3n) is 6.03. The number of carboxylic acid groups (broad SMARTS) is 1. The second kappa shape index (κ2) is 11.0. The summed E-state index contributed by atoms with van der Waals surface area (Å²) in [5.41, 5.74) is -1.60. The predicted octanol–water partition coefficient (Wildman–Crippen LogP) is 4.03. The number of amides is 1. The van der Waals surface area contributed by atoms with Crippen molar-refractivity contribution in [2.45, 2.75) is 25.2 Å². The number of fused-ring (bicyclic) bond motifs is 1. The average Bonchev–Trinajstić information content (AvgIpc) is 2.89.